The van der Waals surface area contributed by atoms with Crippen LogP contribution in [0.2, 0.25) is 0 Å². The zero-order valence-corrected chi connectivity index (χ0v) is 48.4. The van der Waals surface area contributed by atoms with Crippen LogP contribution in [-0.4, -0.2) is 11.7 Å². The minimum absolute atomic E-state index is 0.377. The Morgan fingerprint density at radius 3 is 0.449 bits per heavy atom. The Labute approximate surface area is 439 Å². The zero-order valence-electron chi connectivity index (χ0n) is 48.4. The van der Waals surface area contributed by atoms with E-state index in [1.54, 1.807) is 0 Å². The molecule has 0 unspecified atom stereocenters. The van der Waals surface area contributed by atoms with E-state index in [0.717, 1.165) is 12.3 Å². The molecule has 0 aromatic rings. The first-order valence-electron chi connectivity index (χ1n) is 34.0. The summed E-state index contributed by atoms with van der Waals surface area (Å²) in [6.07, 6.45) is 97.7. The molecule has 414 valence electrons. The number of rotatable bonds is 8. The monoisotopic (exact) mass is 969 g/mol. The lowest BCUT2D eigenvalue weighted by molar-refractivity contribution is 0.282. The van der Waals surface area contributed by atoms with Crippen LogP contribution in [0.3, 0.4) is 0 Å². The van der Waals surface area contributed by atoms with Crippen LogP contribution >= 0.6 is 0 Å². The van der Waals surface area contributed by atoms with Crippen LogP contribution in [0.1, 0.15) is 424 Å². The van der Waals surface area contributed by atoms with Gasteiger partial charge in [0, 0.05) is 6.61 Å². The van der Waals surface area contributed by atoms with Crippen molar-refractivity contribution in [2.45, 2.75) is 424 Å². The number of aliphatic hydroxyl groups is 1. The van der Waals surface area contributed by atoms with Gasteiger partial charge in [-0.25, -0.2) is 0 Å². The van der Waals surface area contributed by atoms with Gasteiger partial charge in [0.15, 0.2) is 0 Å². The molecule has 5 aliphatic carbocycles. The summed E-state index contributed by atoms with van der Waals surface area (Å²) in [7, 11) is 0. The van der Waals surface area contributed by atoms with Crippen LogP contribution < -0.4 is 0 Å². The topological polar surface area (TPSA) is 20.2 Å². The first-order valence-corrected chi connectivity index (χ1v) is 34.0. The lowest BCUT2D eigenvalue weighted by Gasteiger charge is -2.17. The van der Waals surface area contributed by atoms with E-state index in [9.17, 15) is 0 Å². The molecule has 5 rings (SSSR count). The molecule has 0 aliphatic heterocycles. The average Bonchev–Trinajstić information content (AvgIpc) is 3.34. The fourth-order valence-corrected chi connectivity index (χ4v) is 12.3. The van der Waals surface area contributed by atoms with Crippen LogP contribution in [0.25, 0.3) is 0 Å². The second-order valence-electron chi connectivity index (χ2n) is 24.2. The minimum atomic E-state index is 0.377. The van der Waals surface area contributed by atoms with Crippen molar-refractivity contribution in [1.82, 2.24) is 0 Å². The van der Waals surface area contributed by atoms with Crippen LogP contribution in [0, 0.1) is 5.92 Å². The van der Waals surface area contributed by atoms with Crippen LogP contribution in [0.15, 0.2) is 0 Å². The minimum Gasteiger partial charge on any atom is -0.396 e. The third-order valence-corrected chi connectivity index (χ3v) is 17.2. The molecule has 0 heterocycles. The molecule has 1 N–H and O–H groups in total. The molecule has 1 nitrogen and oxygen atoms in total. The maximum atomic E-state index is 8.77. The van der Waals surface area contributed by atoms with Gasteiger partial charge >= 0.3 is 0 Å². The molecule has 1 heteroatoms. The predicted octanol–water partition coefficient (Wildman–Crippen LogP) is 25.4. The molecule has 5 aliphatic rings. The zero-order chi connectivity index (χ0) is 49.0. The normalized spacial score (nSPS) is 22.7. The molecular weight excluding hydrogens is 833 g/mol. The van der Waals surface area contributed by atoms with E-state index in [2.05, 4.69) is 0 Å². The highest BCUT2D eigenvalue weighted by Gasteiger charge is 2.10. The van der Waals surface area contributed by atoms with Gasteiger partial charge in [0.2, 0.25) is 0 Å². The lowest BCUT2D eigenvalue weighted by Crippen LogP contribution is -2.02. The second kappa shape index (κ2) is 62.3. The van der Waals surface area contributed by atoms with Gasteiger partial charge < -0.3 is 5.11 Å². The van der Waals surface area contributed by atoms with Gasteiger partial charge in [-0.2, -0.15) is 0 Å². The standard InChI is InChI=1S/C20H40O.4C12H24/c21-19-15-11-7-6-10-14-18-20-16-12-8-4-2-1-3-5-9-13-17-20;4*1-2-4-6-8-10-12-11-9-7-5-3-1/h20-21H,1-19H2;4*1-12H2. The third-order valence-electron chi connectivity index (χ3n) is 17.2. The number of aliphatic hydroxyl groups excluding tert-OH is 1. The summed E-state index contributed by atoms with van der Waals surface area (Å²) in [5.41, 5.74) is 0. The highest BCUT2D eigenvalue weighted by atomic mass is 16.2. The molecule has 0 amide bonds. The molecule has 0 aromatic carbocycles. The van der Waals surface area contributed by atoms with Gasteiger partial charge in [0.1, 0.15) is 0 Å². The van der Waals surface area contributed by atoms with E-state index >= 15 is 0 Å². The smallest absolute Gasteiger partial charge is 0.0431 e. The van der Waals surface area contributed by atoms with E-state index < -0.39 is 0 Å². The number of hydrogen-bond acceptors (Lipinski definition) is 1. The van der Waals surface area contributed by atoms with E-state index in [1.807, 2.05) is 0 Å². The van der Waals surface area contributed by atoms with Crippen LogP contribution in [0.4, 0.5) is 0 Å². The Hall–Kier alpha value is -0.0400. The van der Waals surface area contributed by atoms with Crippen molar-refractivity contribution in [3.05, 3.63) is 0 Å². The Balaban J connectivity index is 0.000000441. The van der Waals surface area contributed by atoms with Crippen molar-refractivity contribution in [3.63, 3.8) is 0 Å². The molecule has 0 aromatic heterocycles. The van der Waals surface area contributed by atoms with Crippen LogP contribution in [-0.2, 0) is 0 Å². The van der Waals surface area contributed by atoms with E-state index in [4.69, 9.17) is 5.11 Å². The Bertz CT molecular complexity index is 586. The maximum Gasteiger partial charge on any atom is 0.0431 e. The quantitative estimate of drug-likeness (QED) is 0.240. The Kier molecular flexibility index (Phi) is 60.4. The summed E-state index contributed by atoms with van der Waals surface area (Å²) in [5.74, 6) is 1.03. The molecule has 0 spiro atoms. The summed E-state index contributed by atoms with van der Waals surface area (Å²) >= 11 is 0. The molecule has 5 saturated carbocycles. The molecule has 69 heavy (non-hydrogen) atoms. The SMILES string of the molecule is C1CCCCCCCCCCC1.C1CCCCCCCCCCC1.C1CCCCCCCCCCC1.C1CCCCCCCCCCC1.OCCCCCCCCC1CCCCCCCCCCC1. The molecule has 0 bridgehead atoms. The lowest BCUT2D eigenvalue weighted by atomic mass is 9.89. The first kappa shape index (κ1) is 67.0. The summed E-state index contributed by atoms with van der Waals surface area (Å²) in [5, 5.41) is 8.77. The van der Waals surface area contributed by atoms with Crippen LogP contribution in [0.5, 0.6) is 0 Å². The summed E-state index contributed by atoms with van der Waals surface area (Å²) in [6.45, 7) is 0.377. The van der Waals surface area contributed by atoms with Crippen molar-refractivity contribution in [3.8, 4) is 0 Å². The highest BCUT2D eigenvalue weighted by molar-refractivity contribution is 4.63. The van der Waals surface area contributed by atoms with Gasteiger partial charge in [-0.05, 0) is 12.3 Å². The highest BCUT2D eigenvalue weighted by Crippen LogP contribution is 2.26. The van der Waals surface area contributed by atoms with Crippen molar-refractivity contribution in [2.24, 2.45) is 5.92 Å². The maximum absolute atomic E-state index is 8.77. The first-order chi connectivity index (χ1) is 34.4. The number of hydrogen-bond donors (Lipinski definition) is 1. The Morgan fingerprint density at radius 2 is 0.290 bits per heavy atom. The summed E-state index contributed by atoms with van der Waals surface area (Å²) in [4.78, 5) is 0. The van der Waals surface area contributed by atoms with Gasteiger partial charge in [-0.1, -0.05) is 417 Å². The molecule has 0 atom stereocenters. The second-order valence-corrected chi connectivity index (χ2v) is 24.2. The fraction of sp³-hybridized carbons (Fsp3) is 1.00. The molecule has 0 saturated heterocycles. The fourth-order valence-electron chi connectivity index (χ4n) is 12.3. The van der Waals surface area contributed by atoms with Gasteiger partial charge in [-0.15, -0.1) is 0 Å². The summed E-state index contributed by atoms with van der Waals surface area (Å²) in [6, 6.07) is 0. The van der Waals surface area contributed by atoms with Crippen molar-refractivity contribution in [2.75, 3.05) is 6.61 Å². The third kappa shape index (κ3) is 58.7. The van der Waals surface area contributed by atoms with Gasteiger partial charge in [-0.3, -0.25) is 0 Å². The van der Waals surface area contributed by atoms with Crippen molar-refractivity contribution < 1.29 is 5.11 Å². The molecule has 0 radical (unpaired) electrons. The molecular formula is C68H136O. The average molecular weight is 970 g/mol. The predicted molar refractivity (Wildman–Crippen MR) is 315 cm³/mol. The van der Waals surface area contributed by atoms with E-state index in [1.165, 1.54) is 417 Å². The van der Waals surface area contributed by atoms with Crippen molar-refractivity contribution >= 4 is 0 Å². The van der Waals surface area contributed by atoms with Gasteiger partial charge in [0.05, 0.1) is 0 Å². The molecule has 5 fully saturated rings. The van der Waals surface area contributed by atoms with E-state index in [0.29, 0.717) is 6.61 Å². The van der Waals surface area contributed by atoms with Crippen molar-refractivity contribution in [1.29, 1.82) is 0 Å². The van der Waals surface area contributed by atoms with Gasteiger partial charge in [0.25, 0.3) is 0 Å². The largest absolute Gasteiger partial charge is 0.396 e. The van der Waals surface area contributed by atoms with E-state index in [-0.39, 0.29) is 0 Å². The number of unbranched alkanes of at least 4 members (excludes halogenated alkanes) is 5. The Morgan fingerprint density at radius 1 is 0.159 bits per heavy atom. The summed E-state index contributed by atoms with van der Waals surface area (Å²) < 4.78 is 0.